The smallest absolute Gasteiger partial charge is 0.160 e. The molecule has 0 atom stereocenters. The second kappa shape index (κ2) is 11.6. The van der Waals surface area contributed by atoms with Crippen molar-refractivity contribution in [1.29, 1.82) is 0 Å². The largest absolute Gasteiger partial charge is 0.493 e. The molecule has 43 heavy (non-hydrogen) atoms. The fourth-order valence-corrected chi connectivity index (χ4v) is 5.35. The van der Waals surface area contributed by atoms with Crippen LogP contribution in [0, 0.1) is 0 Å². The van der Waals surface area contributed by atoms with Crippen molar-refractivity contribution in [2.24, 2.45) is 0 Å². The zero-order chi connectivity index (χ0) is 30.1. The number of fused-ring (bicyclic) bond motifs is 6. The van der Waals surface area contributed by atoms with Crippen molar-refractivity contribution < 1.29 is 18.3 Å². The Morgan fingerprint density at radius 1 is 0.628 bits per heavy atom. The van der Waals surface area contributed by atoms with Gasteiger partial charge in [0.15, 0.2) is 11.2 Å². The summed E-state index contributed by atoms with van der Waals surface area (Å²) in [6.07, 6.45) is 4.21. The minimum absolute atomic E-state index is 0.269. The molecule has 4 aromatic carbocycles. The number of anilines is 6. The minimum atomic E-state index is 0.269. The van der Waals surface area contributed by atoms with Gasteiger partial charge in [0.1, 0.15) is 34.0 Å². The molecule has 6 rings (SSSR count). The van der Waals surface area contributed by atoms with Crippen molar-refractivity contribution in [2.45, 2.75) is 39.5 Å². The monoisotopic (exact) mass is 582 g/mol. The van der Waals surface area contributed by atoms with E-state index in [1.165, 1.54) is 0 Å². The Kier molecular flexibility index (Phi) is 7.58. The molecule has 224 valence electrons. The van der Waals surface area contributed by atoms with Gasteiger partial charge in [-0.3, -0.25) is 0 Å². The molecule has 0 saturated carbocycles. The topological polar surface area (TPSA) is 173 Å². The first-order chi connectivity index (χ1) is 20.9. The Morgan fingerprint density at radius 2 is 1.28 bits per heavy atom. The molecule has 0 aliphatic rings. The van der Waals surface area contributed by atoms with Crippen molar-refractivity contribution in [3.05, 3.63) is 48.5 Å². The van der Waals surface area contributed by atoms with Gasteiger partial charge < -0.3 is 51.9 Å². The Hall–Kier alpha value is -5.12. The normalized spacial score (nSPS) is 11.6. The maximum atomic E-state index is 6.43. The van der Waals surface area contributed by atoms with Crippen LogP contribution in [0.3, 0.4) is 0 Å². The number of rotatable bonds is 12. The van der Waals surface area contributed by atoms with Crippen LogP contribution in [0.4, 0.5) is 34.1 Å². The van der Waals surface area contributed by atoms with Crippen molar-refractivity contribution in [2.75, 3.05) is 53.5 Å². The number of hydrogen-bond donors (Lipinski definition) is 6. The first-order valence-electron chi connectivity index (χ1n) is 14.7. The molecule has 0 aliphatic carbocycles. The van der Waals surface area contributed by atoms with Crippen LogP contribution in [0.1, 0.15) is 39.5 Å². The Balaban J connectivity index is 1.27. The third-order valence-corrected chi connectivity index (χ3v) is 7.65. The number of ether oxygens (including phenoxy) is 2. The molecule has 0 radical (unpaired) electrons. The van der Waals surface area contributed by atoms with Crippen LogP contribution < -0.4 is 43.0 Å². The quantitative estimate of drug-likeness (QED) is 0.0478. The lowest BCUT2D eigenvalue weighted by Gasteiger charge is -2.15. The number of nitrogen functional groups attached to an aromatic ring is 4. The first-order valence-corrected chi connectivity index (χ1v) is 14.7. The highest BCUT2D eigenvalue weighted by molar-refractivity contribution is 6.15. The van der Waals surface area contributed by atoms with E-state index in [9.17, 15) is 0 Å². The maximum absolute atomic E-state index is 6.43. The lowest BCUT2D eigenvalue weighted by atomic mass is 10.1. The van der Waals surface area contributed by atoms with Gasteiger partial charge in [0, 0.05) is 33.7 Å². The Labute approximate surface area is 249 Å². The van der Waals surface area contributed by atoms with Crippen LogP contribution in [0.5, 0.6) is 11.5 Å². The number of nitrogens with two attached hydrogens (primary N) is 4. The predicted octanol–water partition coefficient (Wildman–Crippen LogP) is 7.65. The maximum Gasteiger partial charge on any atom is 0.160 e. The molecule has 0 amide bonds. The van der Waals surface area contributed by atoms with Crippen molar-refractivity contribution in [1.82, 2.24) is 0 Å². The van der Waals surface area contributed by atoms with Crippen LogP contribution >= 0.6 is 0 Å². The number of nitrogens with one attached hydrogen (secondary N) is 2. The summed E-state index contributed by atoms with van der Waals surface area (Å²) in [4.78, 5) is 0. The molecular formula is C33H38N6O4. The summed E-state index contributed by atoms with van der Waals surface area (Å²) in [5.41, 5.74) is 31.0. The van der Waals surface area contributed by atoms with E-state index < -0.39 is 0 Å². The van der Waals surface area contributed by atoms with Crippen LogP contribution in [0.15, 0.2) is 57.4 Å². The predicted molar refractivity (Wildman–Crippen MR) is 178 cm³/mol. The van der Waals surface area contributed by atoms with Gasteiger partial charge in [0.05, 0.1) is 42.6 Å². The van der Waals surface area contributed by atoms with E-state index in [2.05, 4.69) is 24.5 Å². The molecule has 2 aromatic heterocycles. The van der Waals surface area contributed by atoms with Gasteiger partial charge in [0.25, 0.3) is 0 Å². The number of benzene rings is 4. The first kappa shape index (κ1) is 28.0. The lowest BCUT2D eigenvalue weighted by molar-refractivity contribution is 0.306. The van der Waals surface area contributed by atoms with Gasteiger partial charge in [-0.05, 0) is 49.2 Å². The van der Waals surface area contributed by atoms with Gasteiger partial charge in [-0.1, -0.05) is 26.7 Å². The second-order valence-corrected chi connectivity index (χ2v) is 10.7. The second-order valence-electron chi connectivity index (χ2n) is 10.7. The summed E-state index contributed by atoms with van der Waals surface area (Å²) in [5, 5.41) is 10.2. The number of furan rings is 2. The van der Waals surface area contributed by atoms with E-state index in [4.69, 9.17) is 41.2 Å². The average molecular weight is 583 g/mol. The minimum Gasteiger partial charge on any atom is -0.493 e. The fraction of sp³-hybridized carbons (Fsp3) is 0.273. The molecule has 0 unspecified atom stereocenters. The molecule has 2 heterocycles. The summed E-state index contributed by atoms with van der Waals surface area (Å²) < 4.78 is 24.1. The van der Waals surface area contributed by atoms with E-state index in [1.807, 2.05) is 48.5 Å². The van der Waals surface area contributed by atoms with E-state index in [0.717, 1.165) is 58.7 Å². The van der Waals surface area contributed by atoms with E-state index in [1.54, 1.807) is 0 Å². The molecule has 10 heteroatoms. The zero-order valence-electron chi connectivity index (χ0n) is 24.5. The van der Waals surface area contributed by atoms with Gasteiger partial charge >= 0.3 is 0 Å². The highest BCUT2D eigenvalue weighted by Gasteiger charge is 2.19. The van der Waals surface area contributed by atoms with Crippen molar-refractivity contribution in [3.63, 3.8) is 0 Å². The molecular weight excluding hydrogens is 544 g/mol. The van der Waals surface area contributed by atoms with E-state index >= 15 is 0 Å². The molecule has 6 aromatic rings. The molecule has 0 bridgehead atoms. The molecule has 10 N–H and O–H groups in total. The van der Waals surface area contributed by atoms with Crippen LogP contribution in [-0.2, 0) is 0 Å². The molecule has 0 saturated heterocycles. The zero-order valence-corrected chi connectivity index (χ0v) is 24.5. The van der Waals surface area contributed by atoms with E-state index in [0.29, 0.717) is 69.7 Å². The number of unbranched alkanes of at least 4 members (excludes halogenated alkanes) is 2. The Morgan fingerprint density at radius 3 is 1.95 bits per heavy atom. The standard InChI is InChI=1S/C33H38N6O4/c1-3-5-6-12-41-19-8-9-20-22-15-24(34)28(35)31(33(22)43-27(20)14-19)39-17-38-25-16-23-21-10-7-18(40-11-4-2)13-26(21)42-32(23)30(37)29(25)36/h7-10,13-16,38-39H,3-6,11-12,17,34-37H2,1-2H3. The van der Waals surface area contributed by atoms with Gasteiger partial charge in [-0.25, -0.2) is 0 Å². The highest BCUT2D eigenvalue weighted by Crippen LogP contribution is 2.42. The molecule has 10 nitrogen and oxygen atoms in total. The summed E-state index contributed by atoms with van der Waals surface area (Å²) in [5.74, 6) is 1.51. The van der Waals surface area contributed by atoms with Crippen LogP contribution in [0.25, 0.3) is 43.9 Å². The van der Waals surface area contributed by atoms with Crippen molar-refractivity contribution in [3.8, 4) is 11.5 Å². The lowest BCUT2D eigenvalue weighted by Crippen LogP contribution is -2.15. The highest BCUT2D eigenvalue weighted by atomic mass is 16.5. The van der Waals surface area contributed by atoms with Crippen LogP contribution in [-0.4, -0.2) is 19.9 Å². The summed E-state index contributed by atoms with van der Waals surface area (Å²) in [6, 6.07) is 15.4. The molecule has 0 fully saturated rings. The number of hydrogen-bond acceptors (Lipinski definition) is 10. The average Bonchev–Trinajstić information content (AvgIpc) is 3.56. The summed E-state index contributed by atoms with van der Waals surface area (Å²) >= 11 is 0. The van der Waals surface area contributed by atoms with Crippen LogP contribution in [0.2, 0.25) is 0 Å². The molecule has 0 aliphatic heterocycles. The van der Waals surface area contributed by atoms with E-state index in [-0.39, 0.29) is 6.67 Å². The third-order valence-electron chi connectivity index (χ3n) is 7.65. The van der Waals surface area contributed by atoms with Gasteiger partial charge in [-0.15, -0.1) is 0 Å². The third kappa shape index (κ3) is 5.20. The van der Waals surface area contributed by atoms with Crippen molar-refractivity contribution >= 4 is 78.0 Å². The molecule has 0 spiro atoms. The summed E-state index contributed by atoms with van der Waals surface area (Å²) in [7, 11) is 0. The summed E-state index contributed by atoms with van der Waals surface area (Å²) in [6.45, 7) is 5.80. The Bertz CT molecular complexity index is 1940. The fourth-order valence-electron chi connectivity index (χ4n) is 5.35. The van der Waals surface area contributed by atoms with Gasteiger partial charge in [-0.2, -0.15) is 0 Å². The SMILES string of the molecule is CCCCCOc1ccc2c(c1)oc1c(NCNc3cc4c(oc5cc(OCCC)ccc54)c(N)c3N)c(N)c(N)cc12. The van der Waals surface area contributed by atoms with Gasteiger partial charge in [0.2, 0.25) is 0 Å².